The summed E-state index contributed by atoms with van der Waals surface area (Å²) in [6, 6.07) is 4.61. The first kappa shape index (κ1) is 12.3. The van der Waals surface area contributed by atoms with Gasteiger partial charge >= 0.3 is 0 Å². The summed E-state index contributed by atoms with van der Waals surface area (Å²) >= 11 is 7.09. The third-order valence-corrected chi connectivity index (χ3v) is 3.61. The van der Waals surface area contributed by atoms with Crippen LogP contribution in [-0.2, 0) is 6.42 Å². The van der Waals surface area contributed by atoms with E-state index >= 15 is 0 Å². The lowest BCUT2D eigenvalue weighted by atomic mass is 10.1. The molecular weight excluding hydrogens is 259 g/mol. The number of anilines is 1. The number of nitrogens with two attached hydrogens (primary N) is 1. The minimum atomic E-state index is -0.450. The Morgan fingerprint density at radius 2 is 2.24 bits per heavy atom. The second kappa shape index (κ2) is 5.02. The Labute approximate surface area is 108 Å². The lowest BCUT2D eigenvalue weighted by Crippen LogP contribution is -1.88. The fourth-order valence-corrected chi connectivity index (χ4v) is 2.62. The standard InChI is InChI=1S/C12H12ClFN2S/c1-2-3-10-16-11(12(15)17-10)7-4-5-8(13)9(14)6-7/h4-6H,2-3,15H2,1H3. The minimum absolute atomic E-state index is 0.108. The first-order valence-electron chi connectivity index (χ1n) is 5.32. The van der Waals surface area contributed by atoms with Gasteiger partial charge < -0.3 is 5.73 Å². The second-order valence-corrected chi connectivity index (χ2v) is 5.22. The molecule has 1 aromatic heterocycles. The highest BCUT2D eigenvalue weighted by Crippen LogP contribution is 2.32. The summed E-state index contributed by atoms with van der Waals surface area (Å²) in [7, 11) is 0. The van der Waals surface area contributed by atoms with Gasteiger partial charge in [0.1, 0.15) is 16.5 Å². The molecule has 0 spiro atoms. The van der Waals surface area contributed by atoms with E-state index in [1.165, 1.54) is 23.5 Å². The van der Waals surface area contributed by atoms with Crippen molar-refractivity contribution in [3.8, 4) is 11.3 Å². The lowest BCUT2D eigenvalue weighted by Gasteiger charge is -2.00. The number of nitrogen functional groups attached to an aromatic ring is 1. The summed E-state index contributed by atoms with van der Waals surface area (Å²) in [5.74, 6) is -0.450. The van der Waals surface area contributed by atoms with E-state index in [9.17, 15) is 4.39 Å². The minimum Gasteiger partial charge on any atom is -0.389 e. The molecule has 0 radical (unpaired) electrons. The Hall–Kier alpha value is -1.13. The molecule has 5 heteroatoms. The molecule has 2 aromatic rings. The molecule has 0 aliphatic heterocycles. The summed E-state index contributed by atoms with van der Waals surface area (Å²) in [6.45, 7) is 2.08. The maximum atomic E-state index is 13.4. The summed E-state index contributed by atoms with van der Waals surface area (Å²) in [4.78, 5) is 4.42. The highest BCUT2D eigenvalue weighted by Gasteiger charge is 2.11. The Bertz CT molecular complexity index is 539. The molecule has 0 saturated heterocycles. The number of aromatic nitrogens is 1. The van der Waals surface area contributed by atoms with Gasteiger partial charge in [0, 0.05) is 5.56 Å². The molecule has 0 atom stereocenters. The summed E-state index contributed by atoms with van der Waals surface area (Å²) in [5.41, 5.74) is 7.21. The van der Waals surface area contributed by atoms with E-state index in [0.29, 0.717) is 16.3 Å². The van der Waals surface area contributed by atoms with Crippen LogP contribution in [0.3, 0.4) is 0 Å². The Morgan fingerprint density at radius 3 is 2.88 bits per heavy atom. The molecule has 17 heavy (non-hydrogen) atoms. The van der Waals surface area contributed by atoms with Crippen molar-refractivity contribution in [3.63, 3.8) is 0 Å². The van der Waals surface area contributed by atoms with Crippen molar-refractivity contribution < 1.29 is 4.39 Å². The number of aryl methyl sites for hydroxylation is 1. The predicted molar refractivity (Wildman–Crippen MR) is 70.9 cm³/mol. The number of rotatable bonds is 3. The topological polar surface area (TPSA) is 38.9 Å². The first-order valence-corrected chi connectivity index (χ1v) is 6.52. The fourth-order valence-electron chi connectivity index (χ4n) is 1.55. The van der Waals surface area contributed by atoms with Gasteiger partial charge in [0.05, 0.1) is 10.0 Å². The van der Waals surface area contributed by atoms with Crippen LogP contribution < -0.4 is 5.73 Å². The Morgan fingerprint density at radius 1 is 1.47 bits per heavy atom. The highest BCUT2D eigenvalue weighted by atomic mass is 35.5. The van der Waals surface area contributed by atoms with E-state index in [2.05, 4.69) is 11.9 Å². The summed E-state index contributed by atoms with van der Waals surface area (Å²) < 4.78 is 13.4. The maximum absolute atomic E-state index is 13.4. The van der Waals surface area contributed by atoms with E-state index in [4.69, 9.17) is 17.3 Å². The van der Waals surface area contributed by atoms with Crippen molar-refractivity contribution in [3.05, 3.63) is 34.0 Å². The number of hydrogen-bond acceptors (Lipinski definition) is 3. The van der Waals surface area contributed by atoms with Crippen LogP contribution in [0.2, 0.25) is 5.02 Å². The molecule has 2 rings (SSSR count). The Kier molecular flexibility index (Phi) is 3.64. The largest absolute Gasteiger partial charge is 0.389 e. The zero-order valence-electron chi connectivity index (χ0n) is 9.34. The van der Waals surface area contributed by atoms with Crippen LogP contribution in [0.25, 0.3) is 11.3 Å². The molecule has 1 aromatic carbocycles. The van der Waals surface area contributed by atoms with E-state index in [-0.39, 0.29) is 5.02 Å². The van der Waals surface area contributed by atoms with Gasteiger partial charge in [-0.15, -0.1) is 11.3 Å². The number of thiazole rings is 1. The van der Waals surface area contributed by atoms with E-state index in [0.717, 1.165) is 17.8 Å². The quantitative estimate of drug-likeness (QED) is 0.910. The lowest BCUT2D eigenvalue weighted by molar-refractivity contribution is 0.628. The monoisotopic (exact) mass is 270 g/mol. The molecule has 90 valence electrons. The van der Waals surface area contributed by atoms with Crippen molar-refractivity contribution in [2.45, 2.75) is 19.8 Å². The molecule has 0 bridgehead atoms. The normalized spacial score (nSPS) is 10.8. The van der Waals surface area contributed by atoms with E-state index in [1.807, 2.05) is 0 Å². The van der Waals surface area contributed by atoms with Crippen LogP contribution in [0.4, 0.5) is 9.39 Å². The van der Waals surface area contributed by atoms with Gasteiger partial charge in [-0.2, -0.15) is 0 Å². The third kappa shape index (κ3) is 2.58. The summed E-state index contributed by atoms with van der Waals surface area (Å²) in [6.07, 6.45) is 1.91. The molecule has 0 amide bonds. The van der Waals surface area contributed by atoms with Crippen LogP contribution in [0.5, 0.6) is 0 Å². The molecule has 1 heterocycles. The van der Waals surface area contributed by atoms with Gasteiger partial charge in [-0.3, -0.25) is 0 Å². The van der Waals surface area contributed by atoms with Crippen LogP contribution in [-0.4, -0.2) is 4.98 Å². The van der Waals surface area contributed by atoms with Gasteiger partial charge in [0.15, 0.2) is 0 Å². The van der Waals surface area contributed by atoms with Crippen molar-refractivity contribution >= 4 is 27.9 Å². The predicted octanol–water partition coefficient (Wildman–Crippen LogP) is 4.14. The van der Waals surface area contributed by atoms with Crippen molar-refractivity contribution in [2.24, 2.45) is 0 Å². The first-order chi connectivity index (χ1) is 8.11. The zero-order chi connectivity index (χ0) is 12.4. The van der Waals surface area contributed by atoms with Gasteiger partial charge in [-0.1, -0.05) is 24.6 Å². The van der Waals surface area contributed by atoms with Crippen LogP contribution >= 0.6 is 22.9 Å². The zero-order valence-corrected chi connectivity index (χ0v) is 10.9. The van der Waals surface area contributed by atoms with Gasteiger partial charge in [0.2, 0.25) is 0 Å². The summed E-state index contributed by atoms with van der Waals surface area (Å²) in [5, 5.41) is 1.71. The maximum Gasteiger partial charge on any atom is 0.142 e. The number of halogens is 2. The van der Waals surface area contributed by atoms with Crippen LogP contribution in [0, 0.1) is 5.82 Å². The highest BCUT2D eigenvalue weighted by molar-refractivity contribution is 7.16. The Balaban J connectivity index is 2.41. The van der Waals surface area contributed by atoms with Crippen molar-refractivity contribution in [1.29, 1.82) is 0 Å². The smallest absolute Gasteiger partial charge is 0.142 e. The second-order valence-electron chi connectivity index (χ2n) is 3.70. The van der Waals surface area contributed by atoms with E-state index in [1.54, 1.807) is 6.07 Å². The van der Waals surface area contributed by atoms with Crippen molar-refractivity contribution in [1.82, 2.24) is 4.98 Å². The number of nitrogens with zero attached hydrogens (tertiary/aromatic N) is 1. The molecule has 0 fully saturated rings. The number of hydrogen-bond donors (Lipinski definition) is 1. The van der Waals surface area contributed by atoms with E-state index < -0.39 is 5.82 Å². The average molecular weight is 271 g/mol. The van der Waals surface area contributed by atoms with Crippen LogP contribution in [0.15, 0.2) is 18.2 Å². The molecule has 0 saturated carbocycles. The average Bonchev–Trinajstić information content (AvgIpc) is 2.64. The molecule has 0 aliphatic carbocycles. The number of benzene rings is 1. The SMILES string of the molecule is CCCc1nc(-c2ccc(Cl)c(F)c2)c(N)s1. The van der Waals surface area contributed by atoms with Crippen molar-refractivity contribution in [2.75, 3.05) is 5.73 Å². The fraction of sp³-hybridized carbons (Fsp3) is 0.250. The van der Waals surface area contributed by atoms with Gasteiger partial charge in [-0.25, -0.2) is 9.37 Å². The molecule has 2 N–H and O–H groups in total. The van der Waals surface area contributed by atoms with Gasteiger partial charge in [-0.05, 0) is 25.0 Å². The van der Waals surface area contributed by atoms with Gasteiger partial charge in [0.25, 0.3) is 0 Å². The molecule has 0 unspecified atom stereocenters. The molecule has 0 aliphatic rings. The van der Waals surface area contributed by atoms with Crippen LogP contribution in [0.1, 0.15) is 18.4 Å². The molecular formula is C12H12ClFN2S. The molecule has 2 nitrogen and oxygen atoms in total. The third-order valence-electron chi connectivity index (χ3n) is 2.35.